The van der Waals surface area contributed by atoms with Crippen LogP contribution in [-0.2, 0) is 19.4 Å². The van der Waals surface area contributed by atoms with Crippen LogP contribution in [0.15, 0.2) is 24.3 Å². The molecule has 7 nitrogen and oxygen atoms in total. The number of hydrogen-bond donors (Lipinski definition) is 1. The second-order valence-electron chi connectivity index (χ2n) is 6.76. The largest absolute Gasteiger partial charge is 0.340 e. The molecule has 1 aromatic rings. The summed E-state index contributed by atoms with van der Waals surface area (Å²) in [7, 11) is -3.07. The normalized spacial score (nSPS) is 23.0. The molecular formula is C17H22FN3O4S. The van der Waals surface area contributed by atoms with Gasteiger partial charge in [0.1, 0.15) is 5.82 Å². The van der Waals surface area contributed by atoms with Crippen molar-refractivity contribution in [2.24, 2.45) is 5.92 Å². The van der Waals surface area contributed by atoms with Gasteiger partial charge in [0.25, 0.3) is 0 Å². The van der Waals surface area contributed by atoms with Gasteiger partial charge in [0, 0.05) is 31.9 Å². The fourth-order valence-electron chi connectivity index (χ4n) is 3.31. The van der Waals surface area contributed by atoms with Crippen LogP contribution in [0.1, 0.15) is 6.42 Å². The molecule has 1 aromatic carbocycles. The van der Waals surface area contributed by atoms with E-state index in [1.54, 1.807) is 4.90 Å². The highest BCUT2D eigenvalue weighted by atomic mass is 32.2. The van der Waals surface area contributed by atoms with E-state index < -0.39 is 15.8 Å². The molecule has 0 aromatic heterocycles. The van der Waals surface area contributed by atoms with Crippen LogP contribution >= 0.6 is 0 Å². The van der Waals surface area contributed by atoms with Crippen molar-refractivity contribution in [3.63, 3.8) is 0 Å². The lowest BCUT2D eigenvalue weighted by Gasteiger charge is -2.35. The summed E-state index contributed by atoms with van der Waals surface area (Å²) < 4.78 is 35.9. The lowest BCUT2D eigenvalue weighted by molar-refractivity contribution is -0.136. The minimum atomic E-state index is -3.07. The standard InChI is InChI=1S/C17H22FN3O4S/c18-14-1-3-15(4-2-14)19-16(22)11-20-6-8-21(9-7-20)17(23)13-5-10-26(24,25)12-13/h1-4,13H,5-12H2,(H,19,22)/t13-/m0/s1. The summed E-state index contributed by atoms with van der Waals surface area (Å²) in [6.07, 6.45) is 0.404. The molecule has 0 aliphatic carbocycles. The Hall–Kier alpha value is -2.00. The van der Waals surface area contributed by atoms with Crippen LogP contribution in [0.5, 0.6) is 0 Å². The molecular weight excluding hydrogens is 361 g/mol. The minimum Gasteiger partial charge on any atom is -0.340 e. The average molecular weight is 383 g/mol. The molecule has 0 radical (unpaired) electrons. The third-order valence-electron chi connectivity index (χ3n) is 4.76. The molecule has 2 aliphatic heterocycles. The van der Waals surface area contributed by atoms with Crippen LogP contribution in [0.2, 0.25) is 0 Å². The van der Waals surface area contributed by atoms with Crippen LogP contribution in [0.4, 0.5) is 10.1 Å². The Morgan fingerprint density at radius 2 is 1.77 bits per heavy atom. The Morgan fingerprint density at radius 3 is 2.35 bits per heavy atom. The van der Waals surface area contributed by atoms with Crippen molar-refractivity contribution in [2.75, 3.05) is 49.5 Å². The molecule has 2 fully saturated rings. The van der Waals surface area contributed by atoms with Crippen LogP contribution in [0, 0.1) is 11.7 Å². The summed E-state index contributed by atoms with van der Waals surface area (Å²) in [5.74, 6) is -1.04. The van der Waals surface area contributed by atoms with E-state index in [0.717, 1.165) is 0 Å². The first-order valence-electron chi connectivity index (χ1n) is 8.59. The van der Waals surface area contributed by atoms with Crippen molar-refractivity contribution >= 4 is 27.3 Å². The second kappa shape index (κ2) is 7.71. The predicted octanol–water partition coefficient (Wildman–Crippen LogP) is 0.343. The first-order chi connectivity index (χ1) is 12.3. The third-order valence-corrected chi connectivity index (χ3v) is 6.53. The lowest BCUT2D eigenvalue weighted by atomic mass is 10.1. The fourth-order valence-corrected chi connectivity index (χ4v) is 5.04. The number of piperazine rings is 1. The van der Waals surface area contributed by atoms with Crippen molar-refractivity contribution in [1.82, 2.24) is 9.80 Å². The van der Waals surface area contributed by atoms with Gasteiger partial charge in [-0.05, 0) is 30.7 Å². The first-order valence-corrected chi connectivity index (χ1v) is 10.4. The summed E-state index contributed by atoms with van der Waals surface area (Å²) in [5.41, 5.74) is 0.535. The highest BCUT2D eigenvalue weighted by Gasteiger charge is 2.36. The molecule has 142 valence electrons. The molecule has 3 rings (SSSR count). The molecule has 2 aliphatic rings. The third kappa shape index (κ3) is 4.79. The zero-order valence-electron chi connectivity index (χ0n) is 14.4. The highest BCUT2D eigenvalue weighted by molar-refractivity contribution is 7.91. The van der Waals surface area contributed by atoms with Crippen molar-refractivity contribution in [3.05, 3.63) is 30.1 Å². The fraction of sp³-hybridized carbons (Fsp3) is 0.529. The number of carbonyl (C=O) groups excluding carboxylic acids is 2. The summed E-state index contributed by atoms with van der Waals surface area (Å²) in [4.78, 5) is 28.1. The van der Waals surface area contributed by atoms with Crippen LogP contribution < -0.4 is 5.32 Å². The van der Waals surface area contributed by atoms with Crippen molar-refractivity contribution in [3.8, 4) is 0 Å². The smallest absolute Gasteiger partial charge is 0.238 e. The van der Waals surface area contributed by atoms with Crippen LogP contribution in [-0.4, -0.2) is 74.3 Å². The van der Waals surface area contributed by atoms with Gasteiger partial charge in [0.2, 0.25) is 11.8 Å². The summed E-state index contributed by atoms with van der Waals surface area (Å²) in [6, 6.07) is 5.56. The van der Waals surface area contributed by atoms with Crippen molar-refractivity contribution < 1.29 is 22.4 Å². The molecule has 0 spiro atoms. The number of carbonyl (C=O) groups is 2. The van der Waals surface area contributed by atoms with Gasteiger partial charge in [0.15, 0.2) is 9.84 Å². The van der Waals surface area contributed by atoms with Gasteiger partial charge in [0.05, 0.1) is 24.0 Å². The molecule has 26 heavy (non-hydrogen) atoms. The van der Waals surface area contributed by atoms with E-state index in [2.05, 4.69) is 5.32 Å². The van der Waals surface area contributed by atoms with E-state index >= 15 is 0 Å². The number of amides is 2. The Balaban J connectivity index is 1.44. The van der Waals surface area contributed by atoms with E-state index in [1.165, 1.54) is 24.3 Å². The van der Waals surface area contributed by atoms with Gasteiger partial charge < -0.3 is 10.2 Å². The lowest BCUT2D eigenvalue weighted by Crippen LogP contribution is -2.51. The van der Waals surface area contributed by atoms with Gasteiger partial charge in [-0.3, -0.25) is 14.5 Å². The van der Waals surface area contributed by atoms with E-state index in [1.807, 2.05) is 4.90 Å². The number of anilines is 1. The van der Waals surface area contributed by atoms with Gasteiger partial charge in [-0.1, -0.05) is 0 Å². The van der Waals surface area contributed by atoms with Crippen LogP contribution in [0.3, 0.4) is 0 Å². The zero-order chi connectivity index (χ0) is 18.7. The SMILES string of the molecule is O=C(CN1CCN(C(=O)[C@H]2CCS(=O)(=O)C2)CC1)Nc1ccc(F)cc1. The number of hydrogen-bond acceptors (Lipinski definition) is 5. The molecule has 1 N–H and O–H groups in total. The topological polar surface area (TPSA) is 86.8 Å². The van der Waals surface area contributed by atoms with Crippen LogP contribution in [0.25, 0.3) is 0 Å². The Morgan fingerprint density at radius 1 is 1.12 bits per heavy atom. The number of sulfone groups is 1. The quantitative estimate of drug-likeness (QED) is 0.810. The van der Waals surface area contributed by atoms with Gasteiger partial charge in [-0.25, -0.2) is 12.8 Å². The zero-order valence-corrected chi connectivity index (χ0v) is 15.2. The molecule has 2 amide bonds. The van der Waals surface area contributed by atoms with E-state index in [-0.39, 0.29) is 35.7 Å². The second-order valence-corrected chi connectivity index (χ2v) is 8.99. The Bertz CT molecular complexity index is 774. The first kappa shape index (κ1) is 18.8. The number of rotatable bonds is 4. The summed E-state index contributed by atoms with van der Waals surface area (Å²) in [6.45, 7) is 2.28. The maximum absolute atomic E-state index is 12.9. The molecule has 2 saturated heterocycles. The van der Waals surface area contributed by atoms with E-state index in [0.29, 0.717) is 38.3 Å². The highest BCUT2D eigenvalue weighted by Crippen LogP contribution is 2.21. The van der Waals surface area contributed by atoms with Gasteiger partial charge >= 0.3 is 0 Å². The minimum absolute atomic E-state index is 0.0495. The Labute approximate surface area is 152 Å². The van der Waals surface area contributed by atoms with Gasteiger partial charge in [-0.2, -0.15) is 0 Å². The van der Waals surface area contributed by atoms with E-state index in [4.69, 9.17) is 0 Å². The molecule has 0 bridgehead atoms. The molecule has 9 heteroatoms. The maximum Gasteiger partial charge on any atom is 0.238 e. The average Bonchev–Trinajstić information content (AvgIpc) is 2.97. The summed E-state index contributed by atoms with van der Waals surface area (Å²) in [5, 5.41) is 2.71. The monoisotopic (exact) mass is 383 g/mol. The number of halogens is 1. The number of nitrogens with one attached hydrogen (secondary N) is 1. The van der Waals surface area contributed by atoms with Gasteiger partial charge in [-0.15, -0.1) is 0 Å². The molecule has 1 atom stereocenters. The Kier molecular flexibility index (Phi) is 5.57. The summed E-state index contributed by atoms with van der Waals surface area (Å²) >= 11 is 0. The molecule has 0 unspecified atom stereocenters. The van der Waals surface area contributed by atoms with Crippen molar-refractivity contribution in [2.45, 2.75) is 6.42 Å². The number of benzene rings is 1. The van der Waals surface area contributed by atoms with E-state index in [9.17, 15) is 22.4 Å². The van der Waals surface area contributed by atoms with Crippen molar-refractivity contribution in [1.29, 1.82) is 0 Å². The predicted molar refractivity (Wildman–Crippen MR) is 94.8 cm³/mol. The maximum atomic E-state index is 12.9. The molecule has 2 heterocycles. The number of nitrogens with zero attached hydrogens (tertiary/aromatic N) is 2. The molecule has 0 saturated carbocycles.